The molecule has 0 amide bonds. The largest absolute Gasteiger partial charge is 0.234 e. The summed E-state index contributed by atoms with van der Waals surface area (Å²) < 4.78 is 30.3. The minimum absolute atomic E-state index is 0.104. The second kappa shape index (κ2) is 5.66. The van der Waals surface area contributed by atoms with Gasteiger partial charge in [-0.2, -0.15) is 10.4 Å². The van der Waals surface area contributed by atoms with Crippen LogP contribution in [0.5, 0.6) is 0 Å². The van der Waals surface area contributed by atoms with Crippen LogP contribution >= 0.6 is 0 Å². The zero-order chi connectivity index (χ0) is 17.8. The van der Waals surface area contributed by atoms with Gasteiger partial charge in [-0.1, -0.05) is 13.8 Å². The third-order valence-corrected chi connectivity index (χ3v) is 5.43. The topological polar surface area (TPSA) is 41.6 Å². The summed E-state index contributed by atoms with van der Waals surface area (Å²) in [6.45, 7) is 4.40. The Hall–Kier alpha value is -2.22. The molecular weight excluding hydrogens is 320 g/mol. The smallest absolute Gasteiger partial charge is 0.150 e. The lowest BCUT2D eigenvalue weighted by Gasteiger charge is -2.30. The van der Waals surface area contributed by atoms with E-state index in [-0.39, 0.29) is 16.7 Å². The number of fused-ring (bicyclic) bond motifs is 1. The molecule has 1 aromatic heterocycles. The average molecular weight is 341 g/mol. The first-order valence-corrected chi connectivity index (χ1v) is 8.87. The summed E-state index contributed by atoms with van der Waals surface area (Å²) in [4.78, 5) is 0. The first-order valence-electron chi connectivity index (χ1n) is 8.87. The van der Waals surface area contributed by atoms with Gasteiger partial charge in [0.05, 0.1) is 11.3 Å². The van der Waals surface area contributed by atoms with Gasteiger partial charge in [0, 0.05) is 11.8 Å². The van der Waals surface area contributed by atoms with E-state index >= 15 is 0 Å². The van der Waals surface area contributed by atoms with Gasteiger partial charge in [-0.3, -0.25) is 0 Å². The van der Waals surface area contributed by atoms with Crippen LogP contribution in [-0.4, -0.2) is 9.78 Å². The molecule has 0 N–H and O–H groups in total. The Morgan fingerprint density at radius 1 is 1.28 bits per heavy atom. The van der Waals surface area contributed by atoms with Crippen molar-refractivity contribution in [1.29, 1.82) is 5.26 Å². The van der Waals surface area contributed by atoms with Crippen LogP contribution < -0.4 is 0 Å². The molecule has 25 heavy (non-hydrogen) atoms. The van der Waals surface area contributed by atoms with Gasteiger partial charge in [0.2, 0.25) is 0 Å². The summed E-state index contributed by atoms with van der Waals surface area (Å²) in [5.41, 5.74) is 3.19. The standard InChI is InChI=1S/C20H21F2N3/c1-20(2)6-5-14-17(7-12-3-4-12)24-25(19(14)10-20)18-9-15(21)13(11-23)8-16(18)22/h8-9,12H,3-7,10H2,1-2H3. The van der Waals surface area contributed by atoms with Crippen LogP contribution in [0.3, 0.4) is 0 Å². The minimum Gasteiger partial charge on any atom is -0.234 e. The third-order valence-electron chi connectivity index (χ3n) is 5.43. The quantitative estimate of drug-likeness (QED) is 0.825. The molecule has 2 aromatic rings. The molecule has 2 aliphatic rings. The zero-order valence-corrected chi connectivity index (χ0v) is 14.6. The Kier molecular flexibility index (Phi) is 3.68. The molecule has 0 bridgehead atoms. The summed E-state index contributed by atoms with van der Waals surface area (Å²) in [7, 11) is 0. The van der Waals surface area contributed by atoms with E-state index in [9.17, 15) is 8.78 Å². The molecule has 0 atom stereocenters. The lowest BCUT2D eigenvalue weighted by molar-refractivity contribution is 0.308. The van der Waals surface area contributed by atoms with Crippen LogP contribution in [0.1, 0.15) is 55.6 Å². The summed E-state index contributed by atoms with van der Waals surface area (Å²) in [6.07, 6.45) is 6.19. The molecule has 1 aromatic carbocycles. The Labute approximate surface area is 146 Å². The Morgan fingerprint density at radius 2 is 2.04 bits per heavy atom. The van der Waals surface area contributed by atoms with Crippen molar-refractivity contribution in [3.8, 4) is 11.8 Å². The number of benzene rings is 1. The van der Waals surface area contributed by atoms with Crippen LogP contribution in [0.2, 0.25) is 0 Å². The molecular formula is C20H21F2N3. The summed E-state index contributed by atoms with van der Waals surface area (Å²) in [5, 5.41) is 13.6. The van der Waals surface area contributed by atoms with Crippen LogP contribution in [0.4, 0.5) is 8.78 Å². The summed E-state index contributed by atoms with van der Waals surface area (Å²) >= 11 is 0. The molecule has 0 saturated heterocycles. The van der Waals surface area contributed by atoms with Crippen molar-refractivity contribution in [2.24, 2.45) is 11.3 Å². The molecule has 2 aliphatic carbocycles. The molecule has 0 unspecified atom stereocenters. The van der Waals surface area contributed by atoms with Crippen LogP contribution in [0.25, 0.3) is 5.69 Å². The lowest BCUT2D eigenvalue weighted by Crippen LogP contribution is -2.24. The van der Waals surface area contributed by atoms with Gasteiger partial charge in [-0.15, -0.1) is 0 Å². The van der Waals surface area contributed by atoms with Crippen molar-refractivity contribution < 1.29 is 8.78 Å². The van der Waals surface area contributed by atoms with Gasteiger partial charge in [0.1, 0.15) is 23.4 Å². The second-order valence-corrected chi connectivity index (χ2v) is 8.17. The molecule has 0 aliphatic heterocycles. The van der Waals surface area contributed by atoms with E-state index in [1.807, 2.05) is 0 Å². The zero-order valence-electron chi connectivity index (χ0n) is 14.6. The molecule has 3 nitrogen and oxygen atoms in total. The second-order valence-electron chi connectivity index (χ2n) is 8.17. The molecule has 1 fully saturated rings. The first kappa shape index (κ1) is 16.3. The maximum Gasteiger partial charge on any atom is 0.150 e. The van der Waals surface area contributed by atoms with E-state index in [2.05, 4.69) is 13.8 Å². The number of aromatic nitrogens is 2. The van der Waals surface area contributed by atoms with E-state index in [0.29, 0.717) is 5.92 Å². The fraction of sp³-hybridized carbons (Fsp3) is 0.500. The van der Waals surface area contributed by atoms with Crippen molar-refractivity contribution >= 4 is 0 Å². The fourth-order valence-electron chi connectivity index (χ4n) is 3.75. The van der Waals surface area contributed by atoms with Crippen LogP contribution in [-0.2, 0) is 19.3 Å². The van der Waals surface area contributed by atoms with Crippen LogP contribution in [0, 0.1) is 34.3 Å². The number of hydrogen-bond donors (Lipinski definition) is 0. The SMILES string of the molecule is CC1(C)CCc2c(CC3CC3)nn(-c3cc(F)c(C#N)cc3F)c2C1. The number of rotatable bonds is 3. The van der Waals surface area contributed by atoms with Gasteiger partial charge >= 0.3 is 0 Å². The number of halogens is 2. The Bertz CT molecular complexity index is 885. The average Bonchev–Trinajstić information content (AvgIpc) is 3.30. The van der Waals surface area contributed by atoms with E-state index in [4.69, 9.17) is 10.4 Å². The summed E-state index contributed by atoms with van der Waals surface area (Å²) in [6, 6.07) is 3.75. The molecule has 1 heterocycles. The van der Waals surface area contributed by atoms with Gasteiger partial charge in [-0.25, -0.2) is 13.5 Å². The fourth-order valence-corrected chi connectivity index (χ4v) is 3.75. The van der Waals surface area contributed by atoms with E-state index in [1.54, 1.807) is 10.8 Å². The van der Waals surface area contributed by atoms with E-state index < -0.39 is 11.6 Å². The number of nitrogens with zero attached hydrogens (tertiary/aromatic N) is 3. The highest BCUT2D eigenvalue weighted by Crippen LogP contribution is 2.40. The first-order chi connectivity index (χ1) is 11.9. The van der Waals surface area contributed by atoms with Crippen molar-refractivity contribution in [1.82, 2.24) is 9.78 Å². The maximum atomic E-state index is 14.6. The minimum atomic E-state index is -0.707. The predicted molar refractivity (Wildman–Crippen MR) is 90.4 cm³/mol. The highest BCUT2D eigenvalue weighted by atomic mass is 19.1. The van der Waals surface area contributed by atoms with Crippen molar-refractivity contribution in [2.45, 2.75) is 52.4 Å². The molecule has 0 spiro atoms. The van der Waals surface area contributed by atoms with Crippen molar-refractivity contribution in [3.63, 3.8) is 0 Å². The molecule has 1 saturated carbocycles. The van der Waals surface area contributed by atoms with Gasteiger partial charge < -0.3 is 0 Å². The lowest BCUT2D eigenvalue weighted by atomic mass is 9.76. The van der Waals surface area contributed by atoms with E-state index in [0.717, 1.165) is 49.2 Å². The van der Waals surface area contributed by atoms with Gasteiger partial charge in [0.15, 0.2) is 0 Å². The highest BCUT2D eigenvalue weighted by molar-refractivity contribution is 5.45. The Morgan fingerprint density at radius 3 is 2.72 bits per heavy atom. The van der Waals surface area contributed by atoms with Crippen molar-refractivity contribution in [2.75, 3.05) is 0 Å². The monoisotopic (exact) mass is 341 g/mol. The number of hydrogen-bond acceptors (Lipinski definition) is 2. The normalized spacial score (nSPS) is 18.7. The molecule has 130 valence electrons. The Balaban J connectivity index is 1.86. The van der Waals surface area contributed by atoms with Crippen LogP contribution in [0.15, 0.2) is 12.1 Å². The van der Waals surface area contributed by atoms with Gasteiger partial charge in [-0.05, 0) is 61.5 Å². The predicted octanol–water partition coefficient (Wildman–Crippen LogP) is 4.49. The third kappa shape index (κ3) is 2.95. The molecule has 5 heteroatoms. The molecule has 0 radical (unpaired) electrons. The van der Waals surface area contributed by atoms with Gasteiger partial charge in [0.25, 0.3) is 0 Å². The maximum absolute atomic E-state index is 14.6. The molecule has 4 rings (SSSR count). The number of nitriles is 1. The van der Waals surface area contributed by atoms with Crippen molar-refractivity contribution in [3.05, 3.63) is 46.3 Å². The summed E-state index contributed by atoms with van der Waals surface area (Å²) in [5.74, 6) is -0.628. The van der Waals surface area contributed by atoms with E-state index in [1.165, 1.54) is 18.4 Å². The highest BCUT2D eigenvalue weighted by Gasteiger charge is 2.34.